The Balaban J connectivity index is 0.00000137. The van der Waals surface area contributed by atoms with Gasteiger partial charge in [-0.2, -0.15) is 8.75 Å². The third-order valence-electron chi connectivity index (χ3n) is 6.17. The van der Waals surface area contributed by atoms with E-state index in [0.29, 0.717) is 0 Å². The summed E-state index contributed by atoms with van der Waals surface area (Å²) < 4.78 is 11.3. The van der Waals surface area contributed by atoms with Crippen molar-refractivity contribution in [2.24, 2.45) is 7.05 Å². The zero-order chi connectivity index (χ0) is 25.6. The molecule has 0 aliphatic rings. The second-order valence-electron chi connectivity index (χ2n) is 8.43. The van der Waals surface area contributed by atoms with Gasteiger partial charge in [0, 0.05) is 40.3 Å². The number of hydrogen-bond acceptors (Lipinski definition) is 4. The maximum absolute atomic E-state index is 4.67. The summed E-state index contributed by atoms with van der Waals surface area (Å²) in [5, 5.41) is 0. The number of pyridine rings is 1. The van der Waals surface area contributed by atoms with Crippen molar-refractivity contribution in [3.8, 4) is 22.3 Å². The maximum Gasteiger partial charge on any atom is 0.169 e. The minimum Gasteiger partial charge on any atom is -0.311 e. The van der Waals surface area contributed by atoms with E-state index in [4.69, 9.17) is 0 Å². The van der Waals surface area contributed by atoms with Gasteiger partial charge >= 0.3 is 0 Å². The average molecular weight is 502 g/mol. The zero-order valence-electron chi connectivity index (χ0n) is 21.2. The van der Waals surface area contributed by atoms with Crippen LogP contribution < -0.4 is 9.47 Å². The standard InChI is InChI=1S/C30H23N4S.C2H6/c1-33-20-18-23(19-21-33)28-17-16-27(29-30(28)32-35-31-29)22-12-14-26(15-13-22)34(24-8-4-2-5-9-24)25-10-6-3-7-11-25;1-2/h2-21H,1H3;1-2H3/q+1;. The summed E-state index contributed by atoms with van der Waals surface area (Å²) in [6.45, 7) is 4.00. The van der Waals surface area contributed by atoms with Gasteiger partial charge in [0.05, 0.1) is 11.7 Å². The number of nitrogens with zero attached hydrogens (tertiary/aromatic N) is 4. The van der Waals surface area contributed by atoms with Gasteiger partial charge in [-0.15, -0.1) is 0 Å². The molecular formula is C32H29N4S+. The van der Waals surface area contributed by atoms with Gasteiger partial charge < -0.3 is 4.90 Å². The molecular weight excluding hydrogens is 472 g/mol. The molecule has 0 radical (unpaired) electrons. The molecule has 0 unspecified atom stereocenters. The van der Waals surface area contributed by atoms with Gasteiger partial charge in [0.15, 0.2) is 12.4 Å². The Kier molecular flexibility index (Phi) is 7.33. The van der Waals surface area contributed by atoms with Crippen LogP contribution in [-0.4, -0.2) is 8.75 Å². The summed E-state index contributed by atoms with van der Waals surface area (Å²) in [5.41, 5.74) is 9.70. The Hall–Kier alpha value is -4.35. The Morgan fingerprint density at radius 2 is 0.973 bits per heavy atom. The Labute approximate surface area is 222 Å². The van der Waals surface area contributed by atoms with Crippen LogP contribution in [0.3, 0.4) is 0 Å². The lowest BCUT2D eigenvalue weighted by molar-refractivity contribution is -0.671. The van der Waals surface area contributed by atoms with Crippen LogP contribution in [0, 0.1) is 0 Å². The van der Waals surface area contributed by atoms with E-state index in [-0.39, 0.29) is 0 Å². The predicted octanol–water partition coefficient (Wildman–Crippen LogP) is 8.35. The van der Waals surface area contributed by atoms with Crippen molar-refractivity contribution >= 4 is 39.8 Å². The van der Waals surface area contributed by atoms with Crippen LogP contribution in [-0.2, 0) is 7.05 Å². The van der Waals surface area contributed by atoms with Gasteiger partial charge in [0.1, 0.15) is 18.1 Å². The summed E-state index contributed by atoms with van der Waals surface area (Å²) >= 11 is 1.26. The van der Waals surface area contributed by atoms with Crippen LogP contribution in [0.1, 0.15) is 13.8 Å². The van der Waals surface area contributed by atoms with E-state index in [0.717, 1.165) is 50.3 Å². The van der Waals surface area contributed by atoms with Crippen LogP contribution in [0.4, 0.5) is 17.1 Å². The molecule has 6 aromatic rings. The molecule has 5 heteroatoms. The predicted molar refractivity (Wildman–Crippen MR) is 155 cm³/mol. The van der Waals surface area contributed by atoms with Gasteiger partial charge in [0.2, 0.25) is 0 Å². The number of hydrogen-bond donors (Lipinski definition) is 0. The summed E-state index contributed by atoms with van der Waals surface area (Å²) in [4.78, 5) is 2.27. The maximum atomic E-state index is 4.67. The van der Waals surface area contributed by atoms with Crippen LogP contribution in [0.2, 0.25) is 0 Å². The summed E-state index contributed by atoms with van der Waals surface area (Å²) in [5.74, 6) is 0. The normalized spacial score (nSPS) is 10.6. The molecule has 0 bridgehead atoms. The van der Waals surface area contributed by atoms with E-state index in [2.05, 4.69) is 123 Å². The van der Waals surface area contributed by atoms with Crippen molar-refractivity contribution in [3.05, 3.63) is 122 Å². The van der Waals surface area contributed by atoms with Crippen LogP contribution in [0.5, 0.6) is 0 Å². The minimum absolute atomic E-state index is 0.941. The number of fused-ring (bicyclic) bond motifs is 1. The molecule has 0 atom stereocenters. The van der Waals surface area contributed by atoms with Crippen molar-refractivity contribution in [2.45, 2.75) is 13.8 Å². The summed E-state index contributed by atoms with van der Waals surface area (Å²) in [6.07, 6.45) is 4.11. The largest absolute Gasteiger partial charge is 0.311 e. The highest BCUT2D eigenvalue weighted by atomic mass is 32.1. The Bertz CT molecular complexity index is 1540. The highest BCUT2D eigenvalue weighted by molar-refractivity contribution is 7.00. The van der Waals surface area contributed by atoms with E-state index in [1.54, 1.807) is 0 Å². The fourth-order valence-electron chi connectivity index (χ4n) is 4.40. The van der Waals surface area contributed by atoms with Crippen LogP contribution in [0.25, 0.3) is 33.3 Å². The number of aryl methyl sites for hydroxylation is 1. The second kappa shape index (κ2) is 11.1. The highest BCUT2D eigenvalue weighted by Crippen LogP contribution is 2.37. The first-order chi connectivity index (χ1) is 18.3. The zero-order valence-corrected chi connectivity index (χ0v) is 22.1. The summed E-state index contributed by atoms with van der Waals surface area (Å²) in [7, 11) is 2.02. The van der Waals surface area contributed by atoms with Crippen LogP contribution in [0.15, 0.2) is 122 Å². The Morgan fingerprint density at radius 1 is 0.541 bits per heavy atom. The lowest BCUT2D eigenvalue weighted by Gasteiger charge is -2.25. The second-order valence-corrected chi connectivity index (χ2v) is 8.96. The van der Waals surface area contributed by atoms with Crippen molar-refractivity contribution in [3.63, 3.8) is 0 Å². The van der Waals surface area contributed by atoms with Gasteiger partial charge in [-0.25, -0.2) is 4.57 Å². The van der Waals surface area contributed by atoms with Gasteiger partial charge in [0.25, 0.3) is 0 Å². The molecule has 37 heavy (non-hydrogen) atoms. The third-order valence-corrected chi connectivity index (χ3v) is 6.70. The van der Waals surface area contributed by atoms with E-state index < -0.39 is 0 Å². The topological polar surface area (TPSA) is 32.9 Å². The molecule has 6 rings (SSSR count). The molecule has 0 aliphatic heterocycles. The molecule has 4 nitrogen and oxygen atoms in total. The van der Waals surface area contributed by atoms with E-state index in [1.165, 1.54) is 11.7 Å². The fourth-order valence-corrected chi connectivity index (χ4v) is 4.98. The number of rotatable bonds is 5. The molecule has 0 saturated carbocycles. The van der Waals surface area contributed by atoms with E-state index in [1.807, 2.05) is 37.6 Å². The minimum atomic E-state index is 0.941. The Morgan fingerprint density at radius 3 is 1.46 bits per heavy atom. The first-order valence-electron chi connectivity index (χ1n) is 12.5. The highest BCUT2D eigenvalue weighted by Gasteiger charge is 2.16. The number of aromatic nitrogens is 3. The molecule has 4 aromatic carbocycles. The van der Waals surface area contributed by atoms with E-state index >= 15 is 0 Å². The lowest BCUT2D eigenvalue weighted by atomic mass is 9.98. The molecule has 0 spiro atoms. The quantitative estimate of drug-likeness (QED) is 0.223. The number of para-hydroxylation sites is 2. The van der Waals surface area contributed by atoms with Crippen molar-refractivity contribution < 1.29 is 4.57 Å². The van der Waals surface area contributed by atoms with Crippen molar-refractivity contribution in [2.75, 3.05) is 4.90 Å². The number of benzene rings is 4. The first kappa shape index (κ1) is 24.3. The smallest absolute Gasteiger partial charge is 0.169 e. The SMILES string of the molecule is CC.C[n+]1ccc(-c2ccc(-c3ccc(N(c4ccccc4)c4ccccc4)cc3)c3nsnc23)cc1. The fraction of sp³-hybridized carbons (Fsp3) is 0.0938. The molecule has 2 aromatic heterocycles. The molecule has 0 aliphatic carbocycles. The van der Waals surface area contributed by atoms with Gasteiger partial charge in [-0.1, -0.05) is 74.5 Å². The molecule has 182 valence electrons. The summed E-state index contributed by atoms with van der Waals surface area (Å²) in [6, 6.07) is 38.1. The average Bonchev–Trinajstić information content (AvgIpc) is 3.46. The van der Waals surface area contributed by atoms with Gasteiger partial charge in [-0.3, -0.25) is 0 Å². The van der Waals surface area contributed by atoms with Crippen molar-refractivity contribution in [1.29, 1.82) is 0 Å². The van der Waals surface area contributed by atoms with Gasteiger partial charge in [-0.05, 0) is 47.5 Å². The first-order valence-corrected chi connectivity index (χ1v) is 13.2. The molecule has 0 saturated heterocycles. The van der Waals surface area contributed by atoms with E-state index in [9.17, 15) is 0 Å². The van der Waals surface area contributed by atoms with Crippen LogP contribution >= 0.6 is 11.7 Å². The van der Waals surface area contributed by atoms with Crippen molar-refractivity contribution in [1.82, 2.24) is 8.75 Å². The monoisotopic (exact) mass is 501 g/mol. The third kappa shape index (κ3) is 4.99. The number of anilines is 3. The molecule has 2 heterocycles. The lowest BCUT2D eigenvalue weighted by Crippen LogP contribution is -2.25. The molecule has 0 fully saturated rings. The molecule has 0 N–H and O–H groups in total. The molecule has 0 amide bonds.